The maximum Gasteiger partial charge on any atom is 0.320 e. The number of hydrogen-bond donors (Lipinski definition) is 3. The minimum atomic E-state index is -0.538. The number of halogens is 1. The fourth-order valence-corrected chi connectivity index (χ4v) is 4.94. The van der Waals surface area contributed by atoms with Gasteiger partial charge in [0.2, 0.25) is 0 Å². The number of carbonyl (C=O) groups is 2. The second-order valence-electron chi connectivity index (χ2n) is 8.45. The fourth-order valence-electron chi connectivity index (χ4n) is 3.81. The van der Waals surface area contributed by atoms with E-state index in [-0.39, 0.29) is 30.5 Å². The molecule has 2 heterocycles. The SMILES string of the molecule is CC(C)(C)OC(=O)CN[C@@H]1c2ccccc2C[C@H]1NC(=O)c1cc2cc(Cl)sc2[nH]1. The van der Waals surface area contributed by atoms with Crippen molar-refractivity contribution in [3.8, 4) is 0 Å². The van der Waals surface area contributed by atoms with E-state index in [4.69, 9.17) is 16.3 Å². The summed E-state index contributed by atoms with van der Waals surface area (Å²) in [4.78, 5) is 29.1. The van der Waals surface area contributed by atoms with Gasteiger partial charge in [-0.1, -0.05) is 35.9 Å². The van der Waals surface area contributed by atoms with E-state index >= 15 is 0 Å². The zero-order valence-corrected chi connectivity index (χ0v) is 18.6. The third-order valence-corrected chi connectivity index (χ3v) is 6.15. The first-order chi connectivity index (χ1) is 14.2. The van der Waals surface area contributed by atoms with Gasteiger partial charge >= 0.3 is 5.97 Å². The number of thiophene rings is 1. The zero-order chi connectivity index (χ0) is 21.5. The summed E-state index contributed by atoms with van der Waals surface area (Å²) in [5.41, 5.74) is 2.20. The highest BCUT2D eigenvalue weighted by Crippen LogP contribution is 2.32. The summed E-state index contributed by atoms with van der Waals surface area (Å²) in [6.45, 7) is 5.59. The second kappa shape index (κ2) is 8.06. The molecule has 0 saturated carbocycles. The number of carbonyl (C=O) groups excluding carboxylic acids is 2. The Balaban J connectivity index is 1.48. The van der Waals surface area contributed by atoms with Crippen LogP contribution in [0, 0.1) is 0 Å². The molecular formula is C22H24ClN3O3S. The molecule has 158 valence electrons. The van der Waals surface area contributed by atoms with Crippen LogP contribution in [-0.2, 0) is 16.0 Å². The molecule has 4 rings (SSSR count). The maximum atomic E-state index is 12.9. The first-order valence-electron chi connectivity index (χ1n) is 9.81. The Labute approximate surface area is 184 Å². The van der Waals surface area contributed by atoms with E-state index in [1.165, 1.54) is 11.3 Å². The first-order valence-corrected chi connectivity index (χ1v) is 11.0. The predicted octanol–water partition coefficient (Wildman–Crippen LogP) is 4.21. The standard InChI is InChI=1S/C22H24ClN3O3S/c1-22(2,3)29-18(27)11-24-19-14-7-5-4-6-12(14)8-15(19)25-20(28)16-9-13-10-17(23)30-21(13)26-16/h4-7,9-10,15,19,24,26H,8,11H2,1-3H3,(H,25,28)/t15-,19-/m1/s1. The van der Waals surface area contributed by atoms with Gasteiger partial charge in [-0.25, -0.2) is 0 Å². The lowest BCUT2D eigenvalue weighted by Crippen LogP contribution is -2.44. The van der Waals surface area contributed by atoms with E-state index in [1.807, 2.05) is 45.0 Å². The van der Waals surface area contributed by atoms with Crippen LogP contribution in [-0.4, -0.2) is 35.0 Å². The molecule has 30 heavy (non-hydrogen) atoms. The Bertz CT molecular complexity index is 1070. The van der Waals surface area contributed by atoms with Gasteiger partial charge in [0.05, 0.1) is 23.0 Å². The van der Waals surface area contributed by atoms with Crippen molar-refractivity contribution in [1.29, 1.82) is 0 Å². The van der Waals surface area contributed by atoms with Crippen LogP contribution in [0.3, 0.4) is 0 Å². The van der Waals surface area contributed by atoms with Gasteiger partial charge in [-0.2, -0.15) is 0 Å². The van der Waals surface area contributed by atoms with E-state index in [1.54, 1.807) is 6.07 Å². The van der Waals surface area contributed by atoms with Gasteiger partial charge in [0.1, 0.15) is 16.1 Å². The van der Waals surface area contributed by atoms with Gasteiger partial charge < -0.3 is 15.0 Å². The highest BCUT2D eigenvalue weighted by Gasteiger charge is 2.34. The number of esters is 1. The molecule has 1 amide bonds. The van der Waals surface area contributed by atoms with Crippen LogP contribution >= 0.6 is 22.9 Å². The molecule has 2 atom stereocenters. The first kappa shape index (κ1) is 20.9. The summed E-state index contributed by atoms with van der Waals surface area (Å²) in [5.74, 6) is -0.505. The summed E-state index contributed by atoms with van der Waals surface area (Å²) in [6, 6.07) is 11.3. The molecule has 0 fully saturated rings. The minimum absolute atomic E-state index is 0.0688. The highest BCUT2D eigenvalue weighted by atomic mass is 35.5. The lowest BCUT2D eigenvalue weighted by atomic mass is 10.1. The molecule has 0 aliphatic heterocycles. The third kappa shape index (κ3) is 4.53. The van der Waals surface area contributed by atoms with Crippen LogP contribution in [0.15, 0.2) is 36.4 Å². The lowest BCUT2D eigenvalue weighted by Gasteiger charge is -2.24. The lowest BCUT2D eigenvalue weighted by molar-refractivity contribution is -0.153. The van der Waals surface area contributed by atoms with Gasteiger partial charge in [-0.15, -0.1) is 11.3 Å². The number of ether oxygens (including phenoxy) is 1. The fraction of sp³-hybridized carbons (Fsp3) is 0.364. The van der Waals surface area contributed by atoms with Gasteiger partial charge in [-0.3, -0.25) is 14.9 Å². The number of aromatic nitrogens is 1. The molecule has 2 aromatic heterocycles. The van der Waals surface area contributed by atoms with E-state index < -0.39 is 5.60 Å². The van der Waals surface area contributed by atoms with Crippen LogP contribution in [0.25, 0.3) is 10.2 Å². The number of H-pyrrole nitrogens is 1. The molecule has 6 nitrogen and oxygen atoms in total. The van der Waals surface area contributed by atoms with E-state index in [0.717, 1.165) is 21.3 Å². The molecule has 1 aliphatic carbocycles. The molecule has 0 radical (unpaired) electrons. The van der Waals surface area contributed by atoms with E-state index in [9.17, 15) is 9.59 Å². The Kier molecular flexibility index (Phi) is 5.61. The van der Waals surface area contributed by atoms with Gasteiger partial charge in [0, 0.05) is 5.39 Å². The van der Waals surface area contributed by atoms with Crippen LogP contribution in [0.4, 0.5) is 0 Å². The van der Waals surface area contributed by atoms with Gasteiger partial charge in [0.25, 0.3) is 5.91 Å². The average molecular weight is 446 g/mol. The summed E-state index contributed by atoms with van der Waals surface area (Å²) in [7, 11) is 0. The average Bonchev–Trinajstić information content (AvgIpc) is 3.29. The van der Waals surface area contributed by atoms with Crippen molar-refractivity contribution < 1.29 is 14.3 Å². The predicted molar refractivity (Wildman–Crippen MR) is 119 cm³/mol. The molecular weight excluding hydrogens is 422 g/mol. The molecule has 0 spiro atoms. The number of rotatable bonds is 5. The quantitative estimate of drug-likeness (QED) is 0.514. The number of hydrogen-bond acceptors (Lipinski definition) is 5. The Hall–Kier alpha value is -2.35. The summed E-state index contributed by atoms with van der Waals surface area (Å²) < 4.78 is 6.08. The Morgan fingerprint density at radius 2 is 2.03 bits per heavy atom. The molecule has 0 bridgehead atoms. The summed E-state index contributed by atoms with van der Waals surface area (Å²) >= 11 is 7.42. The van der Waals surface area contributed by atoms with Crippen molar-refractivity contribution in [2.24, 2.45) is 0 Å². The van der Waals surface area contributed by atoms with Crippen molar-refractivity contribution in [3.05, 3.63) is 57.6 Å². The monoisotopic (exact) mass is 445 g/mol. The summed E-state index contributed by atoms with van der Waals surface area (Å²) in [5, 5.41) is 7.32. The largest absolute Gasteiger partial charge is 0.459 e. The van der Waals surface area contributed by atoms with Crippen LogP contribution < -0.4 is 10.6 Å². The smallest absolute Gasteiger partial charge is 0.320 e. The number of nitrogens with one attached hydrogen (secondary N) is 3. The Morgan fingerprint density at radius 3 is 2.77 bits per heavy atom. The molecule has 3 N–H and O–H groups in total. The third-order valence-electron chi connectivity index (χ3n) is 4.96. The topological polar surface area (TPSA) is 83.2 Å². The van der Waals surface area contributed by atoms with Crippen LogP contribution in [0.5, 0.6) is 0 Å². The van der Waals surface area contributed by atoms with Crippen molar-refractivity contribution >= 4 is 45.0 Å². The van der Waals surface area contributed by atoms with Crippen LogP contribution in [0.1, 0.15) is 48.4 Å². The van der Waals surface area contributed by atoms with Crippen molar-refractivity contribution in [3.63, 3.8) is 0 Å². The maximum absolute atomic E-state index is 12.9. The molecule has 3 aromatic rings. The molecule has 8 heteroatoms. The number of aromatic amines is 1. The molecule has 1 aliphatic rings. The molecule has 0 saturated heterocycles. The number of amides is 1. The van der Waals surface area contributed by atoms with Gasteiger partial charge in [0.15, 0.2) is 0 Å². The highest BCUT2D eigenvalue weighted by molar-refractivity contribution is 7.22. The Morgan fingerprint density at radius 1 is 1.27 bits per heavy atom. The van der Waals surface area contributed by atoms with Crippen molar-refractivity contribution in [1.82, 2.24) is 15.6 Å². The molecule has 0 unspecified atom stereocenters. The second-order valence-corrected chi connectivity index (χ2v) is 10.1. The van der Waals surface area contributed by atoms with Crippen molar-refractivity contribution in [2.45, 2.75) is 44.9 Å². The number of fused-ring (bicyclic) bond motifs is 2. The number of benzene rings is 1. The molecule has 1 aromatic carbocycles. The van der Waals surface area contributed by atoms with E-state index in [2.05, 4.69) is 21.7 Å². The zero-order valence-electron chi connectivity index (χ0n) is 17.0. The van der Waals surface area contributed by atoms with E-state index in [0.29, 0.717) is 16.5 Å². The van der Waals surface area contributed by atoms with Crippen LogP contribution in [0.2, 0.25) is 4.34 Å². The van der Waals surface area contributed by atoms with Crippen molar-refractivity contribution in [2.75, 3.05) is 6.54 Å². The van der Waals surface area contributed by atoms with Gasteiger partial charge in [-0.05, 0) is 50.5 Å². The minimum Gasteiger partial charge on any atom is -0.459 e. The summed E-state index contributed by atoms with van der Waals surface area (Å²) in [6.07, 6.45) is 0.689. The normalized spacial score (nSPS) is 18.4.